The van der Waals surface area contributed by atoms with Gasteiger partial charge in [-0.3, -0.25) is 0 Å². The Bertz CT molecular complexity index is 474. The zero-order chi connectivity index (χ0) is 13.6. The van der Waals surface area contributed by atoms with E-state index in [1.807, 2.05) is 20.8 Å². The summed E-state index contributed by atoms with van der Waals surface area (Å²) >= 11 is 0. The number of sulfonamides is 1. The summed E-state index contributed by atoms with van der Waals surface area (Å²) in [6, 6.07) is 3.35. The maximum atomic E-state index is 12.2. The van der Waals surface area contributed by atoms with Crippen LogP contribution in [0.2, 0.25) is 0 Å². The van der Waals surface area contributed by atoms with Crippen molar-refractivity contribution in [2.24, 2.45) is 0 Å². The van der Waals surface area contributed by atoms with Crippen LogP contribution in [0.1, 0.15) is 33.6 Å². The van der Waals surface area contributed by atoms with Crippen LogP contribution in [0.25, 0.3) is 0 Å². The molecule has 1 rings (SSSR count). The van der Waals surface area contributed by atoms with Crippen LogP contribution in [0, 0.1) is 0 Å². The highest BCUT2D eigenvalue weighted by Crippen LogP contribution is 2.18. The van der Waals surface area contributed by atoms with Crippen molar-refractivity contribution in [3.8, 4) is 0 Å². The molecule has 0 spiro atoms. The Labute approximate surface area is 109 Å². The second kappa shape index (κ2) is 6.70. The van der Waals surface area contributed by atoms with Gasteiger partial charge in [0.2, 0.25) is 0 Å². The van der Waals surface area contributed by atoms with Crippen LogP contribution in [0.4, 0.5) is 5.69 Å². The summed E-state index contributed by atoms with van der Waals surface area (Å²) in [4.78, 5) is 3.97. The summed E-state index contributed by atoms with van der Waals surface area (Å²) in [6.07, 6.45) is 3.23. The fraction of sp³-hybridized carbons (Fsp3) is 0.583. The average Bonchev–Trinajstić information content (AvgIpc) is 2.29. The van der Waals surface area contributed by atoms with Crippen LogP contribution in [0.3, 0.4) is 0 Å². The first-order valence-electron chi connectivity index (χ1n) is 6.22. The van der Waals surface area contributed by atoms with Gasteiger partial charge in [-0.1, -0.05) is 13.3 Å². The van der Waals surface area contributed by atoms with Crippen molar-refractivity contribution in [1.29, 1.82) is 0 Å². The van der Waals surface area contributed by atoms with E-state index in [0.29, 0.717) is 12.2 Å². The molecule has 1 atom stereocenters. The monoisotopic (exact) mass is 271 g/mol. The lowest BCUT2D eigenvalue weighted by Crippen LogP contribution is -2.33. The molecule has 0 aliphatic heterocycles. The molecule has 0 bridgehead atoms. The molecule has 1 aromatic rings. The van der Waals surface area contributed by atoms with Crippen molar-refractivity contribution in [2.45, 2.75) is 44.7 Å². The smallest absolute Gasteiger partial charge is 0.260 e. The van der Waals surface area contributed by atoms with Gasteiger partial charge in [0.05, 0.1) is 5.69 Å². The molecule has 0 radical (unpaired) electrons. The van der Waals surface area contributed by atoms with E-state index in [1.54, 1.807) is 12.1 Å². The first-order valence-corrected chi connectivity index (χ1v) is 7.70. The summed E-state index contributed by atoms with van der Waals surface area (Å²) in [7, 11) is -3.56. The van der Waals surface area contributed by atoms with Crippen molar-refractivity contribution in [1.82, 2.24) is 9.71 Å². The fourth-order valence-electron chi connectivity index (χ4n) is 1.74. The van der Waals surface area contributed by atoms with Crippen molar-refractivity contribution < 1.29 is 8.42 Å². The van der Waals surface area contributed by atoms with E-state index in [2.05, 4.69) is 15.0 Å². The zero-order valence-electron chi connectivity index (χ0n) is 11.1. The third-order valence-corrected chi connectivity index (χ3v) is 4.02. The number of nitrogens with zero attached hydrogens (tertiary/aromatic N) is 1. The maximum Gasteiger partial charge on any atom is 0.260 e. The number of pyridine rings is 1. The predicted octanol–water partition coefficient (Wildman–Crippen LogP) is 1.98. The van der Waals surface area contributed by atoms with E-state index < -0.39 is 10.0 Å². The third kappa shape index (κ3) is 3.96. The Balaban J connectivity index is 2.97. The van der Waals surface area contributed by atoms with E-state index in [9.17, 15) is 8.42 Å². The molecular formula is C12H21N3O2S. The molecule has 1 aromatic heterocycles. The van der Waals surface area contributed by atoms with Crippen molar-refractivity contribution in [3.05, 3.63) is 18.3 Å². The number of nitrogens with one attached hydrogen (secondary N) is 2. The van der Waals surface area contributed by atoms with Crippen LogP contribution in [-0.2, 0) is 10.0 Å². The molecule has 1 heterocycles. The molecule has 0 aliphatic carbocycles. The van der Waals surface area contributed by atoms with E-state index in [0.717, 1.165) is 12.8 Å². The van der Waals surface area contributed by atoms with Crippen LogP contribution >= 0.6 is 0 Å². The highest BCUT2D eigenvalue weighted by Gasteiger charge is 2.21. The molecule has 0 fully saturated rings. The number of aromatic nitrogens is 1. The van der Waals surface area contributed by atoms with Gasteiger partial charge in [-0.2, -0.15) is 0 Å². The number of hydrogen-bond acceptors (Lipinski definition) is 4. The van der Waals surface area contributed by atoms with Gasteiger partial charge in [-0.15, -0.1) is 0 Å². The Morgan fingerprint density at radius 3 is 2.72 bits per heavy atom. The lowest BCUT2D eigenvalue weighted by atomic mass is 10.2. The van der Waals surface area contributed by atoms with Crippen LogP contribution in [-0.4, -0.2) is 26.0 Å². The molecule has 0 amide bonds. The van der Waals surface area contributed by atoms with Gasteiger partial charge < -0.3 is 5.32 Å². The highest BCUT2D eigenvalue weighted by atomic mass is 32.2. The second-order valence-electron chi connectivity index (χ2n) is 4.20. The van der Waals surface area contributed by atoms with E-state index in [-0.39, 0.29) is 11.1 Å². The Hall–Kier alpha value is -1.14. The Kier molecular flexibility index (Phi) is 5.55. The van der Waals surface area contributed by atoms with Crippen LogP contribution in [0.5, 0.6) is 0 Å². The molecule has 6 heteroatoms. The SMILES string of the molecule is CCCC(C)NS(=O)(=O)c1ncccc1NCC. The molecule has 102 valence electrons. The summed E-state index contributed by atoms with van der Waals surface area (Å²) in [5.41, 5.74) is 0.538. The molecule has 1 unspecified atom stereocenters. The van der Waals surface area contributed by atoms with Gasteiger partial charge in [0.25, 0.3) is 10.0 Å². The van der Waals surface area contributed by atoms with Crippen LogP contribution in [0.15, 0.2) is 23.4 Å². The van der Waals surface area contributed by atoms with Crippen molar-refractivity contribution in [3.63, 3.8) is 0 Å². The lowest BCUT2D eigenvalue weighted by Gasteiger charge is -2.15. The minimum atomic E-state index is -3.56. The van der Waals surface area contributed by atoms with Gasteiger partial charge in [-0.05, 0) is 32.4 Å². The Morgan fingerprint density at radius 1 is 1.39 bits per heavy atom. The first kappa shape index (κ1) is 14.9. The number of rotatable bonds is 7. The Morgan fingerprint density at radius 2 is 2.11 bits per heavy atom. The highest BCUT2D eigenvalue weighted by molar-refractivity contribution is 7.89. The zero-order valence-corrected chi connectivity index (χ0v) is 11.9. The van der Waals surface area contributed by atoms with Gasteiger partial charge in [0.1, 0.15) is 0 Å². The fourth-order valence-corrected chi connectivity index (χ4v) is 3.13. The predicted molar refractivity (Wildman–Crippen MR) is 73.1 cm³/mol. The quantitative estimate of drug-likeness (QED) is 0.795. The normalized spacial score (nSPS) is 13.3. The van der Waals surface area contributed by atoms with Gasteiger partial charge in [-0.25, -0.2) is 18.1 Å². The molecule has 0 aromatic carbocycles. The molecule has 18 heavy (non-hydrogen) atoms. The molecule has 0 saturated carbocycles. The second-order valence-corrected chi connectivity index (χ2v) is 5.83. The van der Waals surface area contributed by atoms with Crippen molar-refractivity contribution in [2.75, 3.05) is 11.9 Å². The van der Waals surface area contributed by atoms with Crippen molar-refractivity contribution >= 4 is 15.7 Å². The average molecular weight is 271 g/mol. The van der Waals surface area contributed by atoms with E-state index in [4.69, 9.17) is 0 Å². The maximum absolute atomic E-state index is 12.2. The standard InChI is InChI=1S/C12H21N3O2S/c1-4-7-10(3)15-18(16,17)12-11(13-5-2)8-6-9-14-12/h6,8-10,13,15H,4-5,7H2,1-3H3. The summed E-state index contributed by atoms with van der Waals surface area (Å²) in [5, 5.41) is 3.07. The molecule has 0 aliphatic rings. The van der Waals surface area contributed by atoms with Gasteiger partial charge >= 0.3 is 0 Å². The molecule has 5 nitrogen and oxygen atoms in total. The van der Waals surface area contributed by atoms with Gasteiger partial charge in [0.15, 0.2) is 5.03 Å². The van der Waals surface area contributed by atoms with Gasteiger partial charge in [0, 0.05) is 18.8 Å². The molecule has 0 saturated heterocycles. The molecular weight excluding hydrogens is 250 g/mol. The largest absolute Gasteiger partial charge is 0.383 e. The number of anilines is 1. The summed E-state index contributed by atoms with van der Waals surface area (Å²) < 4.78 is 27.0. The lowest BCUT2D eigenvalue weighted by molar-refractivity contribution is 0.541. The molecule has 2 N–H and O–H groups in total. The third-order valence-electron chi connectivity index (χ3n) is 2.47. The van der Waals surface area contributed by atoms with E-state index >= 15 is 0 Å². The first-order chi connectivity index (χ1) is 8.51. The summed E-state index contributed by atoms with van der Waals surface area (Å²) in [5.74, 6) is 0. The minimum absolute atomic E-state index is 0.0646. The van der Waals surface area contributed by atoms with E-state index in [1.165, 1.54) is 6.20 Å². The van der Waals surface area contributed by atoms with Crippen LogP contribution < -0.4 is 10.0 Å². The summed E-state index contributed by atoms with van der Waals surface area (Å²) in [6.45, 7) is 6.45. The minimum Gasteiger partial charge on any atom is -0.383 e. The number of hydrogen-bond donors (Lipinski definition) is 2. The topological polar surface area (TPSA) is 71.1 Å².